The minimum atomic E-state index is -2.82. The van der Waals surface area contributed by atoms with Crippen molar-refractivity contribution in [2.75, 3.05) is 6.26 Å². The molecule has 0 saturated heterocycles. The highest BCUT2D eigenvalue weighted by atomic mass is 35.5. The highest BCUT2D eigenvalue weighted by molar-refractivity contribution is 7.93. The summed E-state index contributed by atoms with van der Waals surface area (Å²) < 4.78 is 16.2. The fourth-order valence-electron chi connectivity index (χ4n) is 1.65. The Labute approximate surface area is 123 Å². The second kappa shape index (κ2) is 6.15. The van der Waals surface area contributed by atoms with Gasteiger partial charge in [0.1, 0.15) is 5.03 Å². The summed E-state index contributed by atoms with van der Waals surface area (Å²) in [5, 5.41) is 0.795. The monoisotopic (exact) mass is 308 g/mol. The van der Waals surface area contributed by atoms with Crippen LogP contribution in [0.15, 0.2) is 58.1 Å². The number of benzene rings is 1. The first kappa shape index (κ1) is 14.7. The van der Waals surface area contributed by atoms with Gasteiger partial charge in [0, 0.05) is 17.5 Å². The van der Waals surface area contributed by atoms with E-state index in [2.05, 4.69) is 9.35 Å². The molecule has 1 unspecified atom stereocenters. The van der Waals surface area contributed by atoms with Crippen molar-refractivity contribution in [2.24, 2.45) is 4.36 Å². The standard InChI is InChI=1S/C14H13ClN2O2S/c1-20(19,14-8-4-5-9-16-14)17-13(18)10-11-6-2-3-7-12(11)15/h2-9H,10H2,1H3. The topological polar surface area (TPSA) is 59.4 Å². The minimum absolute atomic E-state index is 0.0251. The number of nitrogens with zero attached hydrogens (tertiary/aromatic N) is 2. The highest BCUT2D eigenvalue weighted by Crippen LogP contribution is 2.16. The molecule has 0 saturated carbocycles. The van der Waals surface area contributed by atoms with Gasteiger partial charge in [0.15, 0.2) is 0 Å². The van der Waals surface area contributed by atoms with Crippen LogP contribution in [-0.2, 0) is 20.9 Å². The maximum atomic E-state index is 12.4. The maximum absolute atomic E-state index is 12.4. The molecule has 0 spiro atoms. The molecule has 1 amide bonds. The van der Waals surface area contributed by atoms with E-state index >= 15 is 0 Å². The fraction of sp³-hybridized carbons (Fsp3) is 0.143. The third-order valence-electron chi connectivity index (χ3n) is 2.60. The smallest absolute Gasteiger partial charge is 0.258 e. The lowest BCUT2D eigenvalue weighted by Crippen LogP contribution is -2.07. The van der Waals surface area contributed by atoms with Crippen LogP contribution >= 0.6 is 11.6 Å². The summed E-state index contributed by atoms with van der Waals surface area (Å²) in [5.41, 5.74) is 0.666. The molecule has 0 aliphatic rings. The molecule has 0 fully saturated rings. The van der Waals surface area contributed by atoms with Crippen LogP contribution in [-0.4, -0.2) is 21.4 Å². The van der Waals surface area contributed by atoms with Crippen LogP contribution in [0.25, 0.3) is 0 Å². The van der Waals surface area contributed by atoms with Gasteiger partial charge in [-0.05, 0) is 23.8 Å². The Kier molecular flexibility index (Phi) is 4.52. The van der Waals surface area contributed by atoms with Crippen molar-refractivity contribution in [1.82, 2.24) is 4.98 Å². The molecule has 4 nitrogen and oxygen atoms in total. The SMILES string of the molecule is CS(=O)(=NC(=O)Cc1ccccc1Cl)c1ccccn1. The van der Waals surface area contributed by atoms with Gasteiger partial charge in [0.25, 0.3) is 5.91 Å². The van der Waals surface area contributed by atoms with Gasteiger partial charge >= 0.3 is 0 Å². The molecule has 6 heteroatoms. The number of pyridine rings is 1. The lowest BCUT2D eigenvalue weighted by atomic mass is 10.1. The number of hydrogen-bond acceptors (Lipinski definition) is 3. The first-order valence-electron chi connectivity index (χ1n) is 5.88. The third-order valence-corrected chi connectivity index (χ3v) is 4.54. The number of halogens is 1. The number of carbonyl (C=O) groups excluding carboxylic acids is 1. The second-order valence-corrected chi connectivity index (χ2v) is 6.84. The van der Waals surface area contributed by atoms with E-state index < -0.39 is 15.6 Å². The summed E-state index contributed by atoms with van der Waals surface area (Å²) in [7, 11) is -2.82. The Morgan fingerprint density at radius 1 is 1.25 bits per heavy atom. The predicted molar refractivity (Wildman–Crippen MR) is 79.2 cm³/mol. The van der Waals surface area contributed by atoms with Gasteiger partial charge in [-0.25, -0.2) is 9.19 Å². The predicted octanol–water partition coefficient (Wildman–Crippen LogP) is 2.96. The van der Waals surface area contributed by atoms with E-state index in [1.165, 1.54) is 12.5 Å². The first-order valence-corrected chi connectivity index (χ1v) is 8.18. The summed E-state index contributed by atoms with van der Waals surface area (Å²) in [6, 6.07) is 12.0. The van der Waals surface area contributed by atoms with E-state index in [-0.39, 0.29) is 6.42 Å². The first-order chi connectivity index (χ1) is 9.49. The summed E-state index contributed by atoms with van der Waals surface area (Å²) >= 11 is 5.98. The van der Waals surface area contributed by atoms with Crippen molar-refractivity contribution >= 4 is 27.2 Å². The molecule has 0 aliphatic heterocycles. The largest absolute Gasteiger partial charge is 0.272 e. The molecule has 1 aromatic carbocycles. The van der Waals surface area contributed by atoms with Crippen molar-refractivity contribution in [3.8, 4) is 0 Å². The van der Waals surface area contributed by atoms with Crippen molar-refractivity contribution in [2.45, 2.75) is 11.4 Å². The molecule has 0 aliphatic carbocycles. The second-order valence-electron chi connectivity index (χ2n) is 4.22. The van der Waals surface area contributed by atoms with Crippen LogP contribution in [0.3, 0.4) is 0 Å². The van der Waals surface area contributed by atoms with Gasteiger partial charge in [0.05, 0.1) is 16.1 Å². The Hall–Kier alpha value is -1.72. The summed E-state index contributed by atoms with van der Waals surface area (Å²) in [4.78, 5) is 15.9. The summed E-state index contributed by atoms with van der Waals surface area (Å²) in [6.07, 6.45) is 2.95. The Morgan fingerprint density at radius 3 is 2.60 bits per heavy atom. The molecule has 2 aromatic rings. The van der Waals surface area contributed by atoms with Crippen molar-refractivity contribution in [1.29, 1.82) is 0 Å². The molecule has 0 bridgehead atoms. The van der Waals surface area contributed by atoms with E-state index in [0.29, 0.717) is 15.6 Å². The third kappa shape index (κ3) is 3.65. The van der Waals surface area contributed by atoms with E-state index in [9.17, 15) is 9.00 Å². The fourth-order valence-corrected chi connectivity index (χ4v) is 2.99. The molecule has 20 heavy (non-hydrogen) atoms. The zero-order valence-electron chi connectivity index (χ0n) is 10.8. The molecule has 0 radical (unpaired) electrons. The zero-order valence-corrected chi connectivity index (χ0v) is 12.4. The van der Waals surface area contributed by atoms with Gasteiger partial charge in [-0.3, -0.25) is 4.79 Å². The number of hydrogen-bond donors (Lipinski definition) is 0. The Morgan fingerprint density at radius 2 is 1.95 bits per heavy atom. The van der Waals surface area contributed by atoms with E-state index in [1.54, 1.807) is 42.5 Å². The van der Waals surface area contributed by atoms with Crippen molar-refractivity contribution < 1.29 is 9.00 Å². The Balaban J connectivity index is 2.25. The molecular formula is C14H13ClN2O2S. The van der Waals surface area contributed by atoms with Crippen LogP contribution < -0.4 is 0 Å². The van der Waals surface area contributed by atoms with Gasteiger partial charge in [0.2, 0.25) is 0 Å². The molecule has 2 rings (SSSR count). The van der Waals surface area contributed by atoms with Gasteiger partial charge in [-0.1, -0.05) is 35.9 Å². The van der Waals surface area contributed by atoms with E-state index in [1.807, 2.05) is 0 Å². The molecular weight excluding hydrogens is 296 g/mol. The van der Waals surface area contributed by atoms with Gasteiger partial charge < -0.3 is 0 Å². The molecule has 1 aromatic heterocycles. The molecule has 1 heterocycles. The molecule has 104 valence electrons. The molecule has 1 atom stereocenters. The summed E-state index contributed by atoms with van der Waals surface area (Å²) in [5.74, 6) is -0.476. The normalized spacial score (nSPS) is 13.5. The average molecular weight is 309 g/mol. The van der Waals surface area contributed by atoms with Crippen LogP contribution in [0.4, 0.5) is 0 Å². The van der Waals surface area contributed by atoms with Gasteiger partial charge in [-0.2, -0.15) is 4.36 Å². The number of amides is 1. The van der Waals surface area contributed by atoms with Gasteiger partial charge in [-0.15, -0.1) is 0 Å². The quantitative estimate of drug-likeness (QED) is 0.876. The lowest BCUT2D eigenvalue weighted by Gasteiger charge is -2.03. The van der Waals surface area contributed by atoms with E-state index in [0.717, 1.165) is 0 Å². The van der Waals surface area contributed by atoms with Crippen molar-refractivity contribution in [3.05, 3.63) is 59.2 Å². The number of carbonyl (C=O) groups is 1. The zero-order chi connectivity index (χ0) is 14.6. The van der Waals surface area contributed by atoms with E-state index in [4.69, 9.17) is 11.6 Å². The van der Waals surface area contributed by atoms with Crippen molar-refractivity contribution in [3.63, 3.8) is 0 Å². The lowest BCUT2D eigenvalue weighted by molar-refractivity contribution is -0.117. The van der Waals surface area contributed by atoms with Crippen LogP contribution in [0.1, 0.15) is 5.56 Å². The molecule has 0 N–H and O–H groups in total. The van der Waals surface area contributed by atoms with Crippen LogP contribution in [0, 0.1) is 0 Å². The van der Waals surface area contributed by atoms with Crippen LogP contribution in [0.2, 0.25) is 5.02 Å². The number of aromatic nitrogens is 1. The Bertz CT molecular complexity index is 738. The average Bonchev–Trinajstić information content (AvgIpc) is 2.42. The summed E-state index contributed by atoms with van der Waals surface area (Å²) in [6.45, 7) is 0. The van der Waals surface area contributed by atoms with Crippen LogP contribution in [0.5, 0.6) is 0 Å². The number of rotatable bonds is 3. The minimum Gasteiger partial charge on any atom is -0.272 e. The highest BCUT2D eigenvalue weighted by Gasteiger charge is 2.12. The maximum Gasteiger partial charge on any atom is 0.258 e.